The summed E-state index contributed by atoms with van der Waals surface area (Å²) < 4.78 is 0. The van der Waals surface area contributed by atoms with Crippen LogP contribution in [0.2, 0.25) is 5.02 Å². The number of carboxylic acid groups (broad SMARTS) is 1. The minimum Gasteiger partial charge on any atom is -0.477 e. The molecule has 0 saturated carbocycles. The SMILES string of the molecule is O=C(O)c1cc(Sc2cccc(Cl)c2)c[nH]1. The maximum atomic E-state index is 10.7. The van der Waals surface area contributed by atoms with Crippen molar-refractivity contribution in [3.05, 3.63) is 47.2 Å². The van der Waals surface area contributed by atoms with Crippen molar-refractivity contribution >= 4 is 29.3 Å². The molecule has 0 bridgehead atoms. The summed E-state index contributed by atoms with van der Waals surface area (Å²) in [4.78, 5) is 15.2. The van der Waals surface area contributed by atoms with Gasteiger partial charge in [-0.15, -0.1) is 0 Å². The molecular formula is C11H8ClNO2S. The number of rotatable bonds is 3. The number of carbonyl (C=O) groups is 1. The van der Waals surface area contributed by atoms with Gasteiger partial charge < -0.3 is 10.1 Å². The van der Waals surface area contributed by atoms with Gasteiger partial charge in [0, 0.05) is 21.0 Å². The fourth-order valence-electron chi connectivity index (χ4n) is 1.22. The van der Waals surface area contributed by atoms with Gasteiger partial charge in [0.25, 0.3) is 0 Å². The highest BCUT2D eigenvalue weighted by molar-refractivity contribution is 7.99. The molecule has 0 unspecified atom stereocenters. The zero-order valence-electron chi connectivity index (χ0n) is 8.11. The smallest absolute Gasteiger partial charge is 0.352 e. The van der Waals surface area contributed by atoms with E-state index in [2.05, 4.69) is 4.98 Å². The molecule has 82 valence electrons. The predicted molar refractivity (Wildman–Crippen MR) is 63.3 cm³/mol. The normalized spacial score (nSPS) is 10.3. The number of hydrogen-bond acceptors (Lipinski definition) is 2. The van der Waals surface area contributed by atoms with Gasteiger partial charge in [-0.05, 0) is 24.3 Å². The standard InChI is InChI=1S/C11H8ClNO2S/c12-7-2-1-3-8(4-7)16-9-5-10(11(14)15)13-6-9/h1-6,13H,(H,14,15). The van der Waals surface area contributed by atoms with Crippen LogP contribution in [0.15, 0.2) is 46.3 Å². The molecule has 1 aromatic heterocycles. The van der Waals surface area contributed by atoms with Gasteiger partial charge in [-0.3, -0.25) is 0 Å². The second-order valence-corrected chi connectivity index (χ2v) is 4.70. The van der Waals surface area contributed by atoms with E-state index in [4.69, 9.17) is 16.7 Å². The lowest BCUT2D eigenvalue weighted by atomic mass is 10.4. The van der Waals surface area contributed by atoms with Gasteiger partial charge >= 0.3 is 5.97 Å². The molecule has 0 spiro atoms. The zero-order valence-corrected chi connectivity index (χ0v) is 9.68. The number of halogens is 1. The number of aromatic amines is 1. The van der Waals surface area contributed by atoms with Gasteiger partial charge in [0.05, 0.1) is 0 Å². The van der Waals surface area contributed by atoms with Crippen LogP contribution in [0.5, 0.6) is 0 Å². The first-order valence-electron chi connectivity index (χ1n) is 4.50. The summed E-state index contributed by atoms with van der Waals surface area (Å²) in [7, 11) is 0. The molecular weight excluding hydrogens is 246 g/mol. The van der Waals surface area contributed by atoms with Crippen molar-refractivity contribution in [3.63, 3.8) is 0 Å². The fourth-order valence-corrected chi connectivity index (χ4v) is 2.38. The molecule has 2 N–H and O–H groups in total. The van der Waals surface area contributed by atoms with Crippen LogP contribution < -0.4 is 0 Å². The van der Waals surface area contributed by atoms with Crippen molar-refractivity contribution in [1.29, 1.82) is 0 Å². The quantitative estimate of drug-likeness (QED) is 0.880. The van der Waals surface area contributed by atoms with Gasteiger partial charge in [0.1, 0.15) is 5.69 Å². The van der Waals surface area contributed by atoms with Crippen LogP contribution in [0, 0.1) is 0 Å². The van der Waals surface area contributed by atoms with Gasteiger partial charge in [-0.1, -0.05) is 29.4 Å². The summed E-state index contributed by atoms with van der Waals surface area (Å²) >= 11 is 7.31. The van der Waals surface area contributed by atoms with Crippen molar-refractivity contribution in [2.75, 3.05) is 0 Å². The molecule has 0 aliphatic heterocycles. The highest BCUT2D eigenvalue weighted by Gasteiger charge is 2.06. The third-order valence-electron chi connectivity index (χ3n) is 1.92. The van der Waals surface area contributed by atoms with E-state index in [-0.39, 0.29) is 5.69 Å². The van der Waals surface area contributed by atoms with E-state index < -0.39 is 5.97 Å². The molecule has 1 aromatic carbocycles. The number of aromatic carboxylic acids is 1. The van der Waals surface area contributed by atoms with E-state index in [9.17, 15) is 4.79 Å². The Morgan fingerprint density at radius 3 is 2.75 bits per heavy atom. The Bertz CT molecular complexity index is 524. The maximum Gasteiger partial charge on any atom is 0.352 e. The summed E-state index contributed by atoms with van der Waals surface area (Å²) in [6.45, 7) is 0. The molecule has 2 aromatic rings. The highest BCUT2D eigenvalue weighted by atomic mass is 35.5. The summed E-state index contributed by atoms with van der Waals surface area (Å²) in [5, 5.41) is 9.41. The van der Waals surface area contributed by atoms with Gasteiger partial charge in [-0.25, -0.2) is 4.79 Å². The number of benzene rings is 1. The van der Waals surface area contributed by atoms with Crippen LogP contribution in [0.3, 0.4) is 0 Å². The lowest BCUT2D eigenvalue weighted by Crippen LogP contribution is -1.94. The first-order chi connectivity index (χ1) is 7.65. The van der Waals surface area contributed by atoms with Crippen molar-refractivity contribution in [3.8, 4) is 0 Å². The molecule has 0 saturated heterocycles. The summed E-state index contributed by atoms with van der Waals surface area (Å²) in [6, 6.07) is 9.00. The summed E-state index contributed by atoms with van der Waals surface area (Å²) in [5.41, 5.74) is 0.185. The van der Waals surface area contributed by atoms with Gasteiger partial charge in [-0.2, -0.15) is 0 Å². The molecule has 0 radical (unpaired) electrons. The van der Waals surface area contributed by atoms with Crippen molar-refractivity contribution in [2.45, 2.75) is 9.79 Å². The lowest BCUT2D eigenvalue weighted by molar-refractivity contribution is 0.0691. The molecule has 5 heteroatoms. The number of carboxylic acids is 1. The Morgan fingerprint density at radius 1 is 1.31 bits per heavy atom. The van der Waals surface area contributed by atoms with Crippen LogP contribution in [0.25, 0.3) is 0 Å². The van der Waals surface area contributed by atoms with E-state index in [1.54, 1.807) is 18.3 Å². The van der Waals surface area contributed by atoms with E-state index >= 15 is 0 Å². The molecule has 1 heterocycles. The molecule has 2 rings (SSSR count). The monoisotopic (exact) mass is 253 g/mol. The predicted octanol–water partition coefficient (Wildman–Crippen LogP) is 3.52. The number of hydrogen-bond donors (Lipinski definition) is 2. The number of aromatic nitrogens is 1. The Balaban J connectivity index is 2.17. The molecule has 0 amide bonds. The fraction of sp³-hybridized carbons (Fsp3) is 0. The topological polar surface area (TPSA) is 53.1 Å². The Hall–Kier alpha value is -1.39. The zero-order chi connectivity index (χ0) is 11.5. The summed E-state index contributed by atoms with van der Waals surface area (Å²) in [5.74, 6) is -0.960. The molecule has 0 aliphatic carbocycles. The molecule has 16 heavy (non-hydrogen) atoms. The second-order valence-electron chi connectivity index (χ2n) is 3.11. The molecule has 3 nitrogen and oxygen atoms in total. The molecule has 0 aliphatic rings. The van der Waals surface area contributed by atoms with Crippen molar-refractivity contribution in [1.82, 2.24) is 4.98 Å². The van der Waals surface area contributed by atoms with Crippen molar-refractivity contribution < 1.29 is 9.90 Å². The summed E-state index contributed by atoms with van der Waals surface area (Å²) in [6.07, 6.45) is 1.66. The van der Waals surface area contributed by atoms with Crippen LogP contribution in [-0.2, 0) is 0 Å². The van der Waals surface area contributed by atoms with E-state index in [1.165, 1.54) is 11.8 Å². The van der Waals surface area contributed by atoms with E-state index in [0.717, 1.165) is 9.79 Å². The van der Waals surface area contributed by atoms with Gasteiger partial charge in [0.15, 0.2) is 0 Å². The molecule has 0 atom stereocenters. The third-order valence-corrected chi connectivity index (χ3v) is 3.11. The van der Waals surface area contributed by atoms with E-state index in [1.807, 2.05) is 18.2 Å². The minimum absolute atomic E-state index is 0.185. The lowest BCUT2D eigenvalue weighted by Gasteiger charge is -1.98. The van der Waals surface area contributed by atoms with Crippen molar-refractivity contribution in [2.24, 2.45) is 0 Å². The Kier molecular flexibility index (Phi) is 3.22. The third kappa shape index (κ3) is 2.59. The maximum absolute atomic E-state index is 10.7. The average Bonchev–Trinajstić information content (AvgIpc) is 2.66. The minimum atomic E-state index is -0.960. The second kappa shape index (κ2) is 4.63. The Morgan fingerprint density at radius 2 is 2.12 bits per heavy atom. The van der Waals surface area contributed by atoms with Crippen LogP contribution in [0.1, 0.15) is 10.5 Å². The van der Waals surface area contributed by atoms with Crippen LogP contribution in [0.4, 0.5) is 0 Å². The number of nitrogens with one attached hydrogen (secondary N) is 1. The van der Waals surface area contributed by atoms with Crippen LogP contribution >= 0.6 is 23.4 Å². The van der Waals surface area contributed by atoms with Gasteiger partial charge in [0.2, 0.25) is 0 Å². The average molecular weight is 254 g/mol. The first-order valence-corrected chi connectivity index (χ1v) is 5.70. The largest absolute Gasteiger partial charge is 0.477 e. The molecule has 0 fully saturated rings. The van der Waals surface area contributed by atoms with E-state index in [0.29, 0.717) is 5.02 Å². The Labute approximate surface area is 101 Å². The first kappa shape index (κ1) is 11.1. The highest BCUT2D eigenvalue weighted by Crippen LogP contribution is 2.29. The number of H-pyrrole nitrogens is 1. The van der Waals surface area contributed by atoms with Crippen LogP contribution in [-0.4, -0.2) is 16.1 Å².